The molecule has 0 heterocycles. The normalized spacial score (nSPS) is 9.11. The molecule has 0 aromatic heterocycles. The Morgan fingerprint density at radius 3 is 2.11 bits per heavy atom. The van der Waals surface area contributed by atoms with E-state index in [1.807, 2.05) is 0 Å². The van der Waals surface area contributed by atoms with E-state index in [1.165, 1.54) is 9.03 Å². The van der Waals surface area contributed by atoms with Crippen molar-refractivity contribution < 1.29 is 0 Å². The van der Waals surface area contributed by atoms with Gasteiger partial charge in [0.05, 0.1) is 0 Å². The van der Waals surface area contributed by atoms with E-state index in [-0.39, 0.29) is 0 Å². The fourth-order valence-electron chi connectivity index (χ4n) is 0.536. The van der Waals surface area contributed by atoms with Crippen molar-refractivity contribution in [3.63, 3.8) is 0 Å². The SMILES string of the molecule is I[B]c1ccc(I)cc1. The van der Waals surface area contributed by atoms with Gasteiger partial charge in [-0.25, -0.2) is 0 Å². The van der Waals surface area contributed by atoms with Crippen LogP contribution in [0.2, 0.25) is 0 Å². The summed E-state index contributed by atoms with van der Waals surface area (Å²) in [6.45, 7) is 0. The average Bonchev–Trinajstić information content (AvgIpc) is 1.90. The van der Waals surface area contributed by atoms with E-state index >= 15 is 0 Å². The first-order chi connectivity index (χ1) is 4.33. The minimum absolute atomic E-state index is 1.27. The third-order valence-corrected chi connectivity index (χ3v) is 2.43. The summed E-state index contributed by atoms with van der Waals surface area (Å²) in [5.41, 5.74) is 1.27. The lowest BCUT2D eigenvalue weighted by Crippen LogP contribution is -2.05. The molecule has 1 radical (unpaired) electrons. The Morgan fingerprint density at radius 2 is 1.67 bits per heavy atom. The largest absolute Gasteiger partial charge is 0.237 e. The van der Waals surface area contributed by atoms with Crippen molar-refractivity contribution in [2.24, 2.45) is 0 Å². The standard InChI is InChI=1S/C6H4BI2/c8-6-3-1-5(7-9)2-4-6/h1-4H. The summed E-state index contributed by atoms with van der Waals surface area (Å²) in [4.78, 5) is 0. The zero-order chi connectivity index (χ0) is 6.69. The van der Waals surface area contributed by atoms with Crippen LogP contribution in [0.25, 0.3) is 0 Å². The van der Waals surface area contributed by atoms with Crippen LogP contribution in [-0.4, -0.2) is 5.14 Å². The van der Waals surface area contributed by atoms with Gasteiger partial charge in [0.25, 0.3) is 0 Å². The van der Waals surface area contributed by atoms with Crippen LogP contribution < -0.4 is 5.46 Å². The first kappa shape index (κ1) is 7.85. The molecule has 0 N–H and O–H groups in total. The lowest BCUT2D eigenvalue weighted by Gasteiger charge is -1.91. The third-order valence-electron chi connectivity index (χ3n) is 0.996. The number of benzene rings is 1. The molecule has 0 amide bonds. The molecule has 0 nitrogen and oxygen atoms in total. The molecule has 3 heteroatoms. The molecule has 0 atom stereocenters. The van der Waals surface area contributed by atoms with E-state index in [0.717, 1.165) is 0 Å². The minimum atomic E-state index is 1.27. The van der Waals surface area contributed by atoms with E-state index in [1.54, 1.807) is 0 Å². The maximum atomic E-state index is 2.30. The molecule has 9 heavy (non-hydrogen) atoms. The summed E-state index contributed by atoms with van der Waals surface area (Å²) >= 11 is 4.53. The Bertz CT molecular complexity index is 183. The van der Waals surface area contributed by atoms with Crippen molar-refractivity contribution in [3.8, 4) is 0 Å². The van der Waals surface area contributed by atoms with Crippen LogP contribution >= 0.6 is 45.0 Å². The highest BCUT2D eigenvalue weighted by molar-refractivity contribution is 14.1. The highest BCUT2D eigenvalue weighted by Gasteiger charge is 1.88. The van der Waals surface area contributed by atoms with Gasteiger partial charge >= 0.3 is 0 Å². The van der Waals surface area contributed by atoms with Crippen LogP contribution in [-0.2, 0) is 0 Å². The fraction of sp³-hybridized carbons (Fsp3) is 0. The van der Waals surface area contributed by atoms with E-state index in [0.29, 0.717) is 0 Å². The van der Waals surface area contributed by atoms with Gasteiger partial charge in [-0.15, -0.1) is 0 Å². The molecule has 0 spiro atoms. The zero-order valence-corrected chi connectivity index (χ0v) is 8.96. The summed E-state index contributed by atoms with van der Waals surface area (Å²) in [6, 6.07) is 8.42. The van der Waals surface area contributed by atoms with E-state index in [2.05, 4.69) is 74.4 Å². The first-order valence-electron chi connectivity index (χ1n) is 2.52. The van der Waals surface area contributed by atoms with E-state index in [4.69, 9.17) is 0 Å². The predicted molar refractivity (Wildman–Crippen MR) is 58.6 cm³/mol. The van der Waals surface area contributed by atoms with Gasteiger partial charge in [0.1, 0.15) is 0 Å². The highest BCUT2D eigenvalue weighted by atomic mass is 127. The Balaban J connectivity index is 2.88. The van der Waals surface area contributed by atoms with Gasteiger partial charge in [0.15, 0.2) is 0 Å². The molecular formula is C6H4BI2. The van der Waals surface area contributed by atoms with Crippen LogP contribution in [0, 0.1) is 3.57 Å². The van der Waals surface area contributed by atoms with Gasteiger partial charge in [-0.05, 0) is 34.7 Å². The fourth-order valence-corrected chi connectivity index (χ4v) is 1.31. The molecule has 0 aliphatic rings. The molecule has 0 aliphatic carbocycles. The number of hydrogen-bond donors (Lipinski definition) is 0. The number of rotatable bonds is 1. The van der Waals surface area contributed by atoms with Gasteiger partial charge in [-0.3, -0.25) is 0 Å². The van der Waals surface area contributed by atoms with Crippen molar-refractivity contribution in [2.75, 3.05) is 0 Å². The summed E-state index contributed by atoms with van der Waals surface area (Å²) in [7, 11) is 0. The number of halogens is 2. The second kappa shape index (κ2) is 3.80. The smallest absolute Gasteiger partial charge is 0.151 e. The van der Waals surface area contributed by atoms with Crippen molar-refractivity contribution in [1.82, 2.24) is 0 Å². The van der Waals surface area contributed by atoms with Crippen molar-refractivity contribution in [1.29, 1.82) is 0 Å². The number of hydrogen-bond acceptors (Lipinski definition) is 0. The monoisotopic (exact) mass is 341 g/mol. The van der Waals surface area contributed by atoms with Gasteiger partial charge < -0.3 is 0 Å². The summed E-state index contributed by atoms with van der Waals surface area (Å²) in [5.74, 6) is 0. The van der Waals surface area contributed by atoms with Gasteiger partial charge in [0.2, 0.25) is 5.14 Å². The summed E-state index contributed by atoms with van der Waals surface area (Å²) in [6.07, 6.45) is 0. The first-order valence-corrected chi connectivity index (χ1v) is 4.84. The second-order valence-electron chi connectivity index (χ2n) is 1.66. The maximum absolute atomic E-state index is 2.30. The Kier molecular flexibility index (Phi) is 3.32. The molecule has 0 unspecified atom stereocenters. The van der Waals surface area contributed by atoms with Crippen LogP contribution in [0.15, 0.2) is 24.3 Å². The molecule has 45 valence electrons. The molecule has 1 aromatic carbocycles. The summed E-state index contributed by atoms with van der Waals surface area (Å²) < 4.78 is 1.29. The molecule has 0 bridgehead atoms. The second-order valence-corrected chi connectivity index (χ2v) is 3.53. The molecule has 1 aromatic rings. The lowest BCUT2D eigenvalue weighted by molar-refractivity contribution is 1.69. The third kappa shape index (κ3) is 2.45. The topological polar surface area (TPSA) is 0 Å². The van der Waals surface area contributed by atoms with Crippen molar-refractivity contribution >= 4 is 55.6 Å². The van der Waals surface area contributed by atoms with Gasteiger partial charge in [-0.2, -0.15) is 22.4 Å². The predicted octanol–water partition coefficient (Wildman–Crippen LogP) is 1.97. The van der Waals surface area contributed by atoms with Crippen LogP contribution in [0.4, 0.5) is 0 Å². The van der Waals surface area contributed by atoms with Crippen molar-refractivity contribution in [3.05, 3.63) is 27.8 Å². The Hall–Kier alpha value is 0.745. The quantitative estimate of drug-likeness (QED) is 0.542. The van der Waals surface area contributed by atoms with Crippen molar-refractivity contribution in [2.45, 2.75) is 0 Å². The minimum Gasteiger partial charge on any atom is -0.151 e. The van der Waals surface area contributed by atoms with Gasteiger partial charge in [-0.1, -0.05) is 17.6 Å². The van der Waals surface area contributed by atoms with Crippen LogP contribution in [0.3, 0.4) is 0 Å². The molecule has 0 aliphatic heterocycles. The molecule has 0 saturated heterocycles. The zero-order valence-electron chi connectivity index (χ0n) is 4.64. The Morgan fingerprint density at radius 1 is 1.11 bits per heavy atom. The highest BCUT2D eigenvalue weighted by Crippen LogP contribution is 1.99. The molecular weight excluding hydrogens is 337 g/mol. The van der Waals surface area contributed by atoms with Gasteiger partial charge in [0, 0.05) is 3.57 Å². The summed E-state index contributed by atoms with van der Waals surface area (Å²) in [5, 5.41) is 2.06. The molecule has 1 rings (SSSR count). The van der Waals surface area contributed by atoms with E-state index in [9.17, 15) is 0 Å². The van der Waals surface area contributed by atoms with Crippen LogP contribution in [0.5, 0.6) is 0 Å². The molecule has 0 fully saturated rings. The van der Waals surface area contributed by atoms with Crippen LogP contribution in [0.1, 0.15) is 0 Å². The molecule has 0 saturated carbocycles. The van der Waals surface area contributed by atoms with E-state index < -0.39 is 0 Å². The Labute approximate surface area is 82.7 Å². The maximum Gasteiger partial charge on any atom is 0.237 e. The lowest BCUT2D eigenvalue weighted by atomic mass is 9.97. The average molecular weight is 341 g/mol.